The highest BCUT2D eigenvalue weighted by atomic mass is 32.2. The lowest BCUT2D eigenvalue weighted by atomic mass is 10.1. The second-order valence-electron chi connectivity index (χ2n) is 8.45. The van der Waals surface area contributed by atoms with Crippen LogP contribution in [0.4, 0.5) is 11.4 Å². The Kier molecular flexibility index (Phi) is 7.08. The van der Waals surface area contributed by atoms with Crippen LogP contribution in [0.5, 0.6) is 5.75 Å². The average molecular weight is 502 g/mol. The van der Waals surface area contributed by atoms with Crippen molar-refractivity contribution in [2.75, 3.05) is 37.0 Å². The summed E-state index contributed by atoms with van der Waals surface area (Å²) in [5, 5.41) is 2.68. The fourth-order valence-electron chi connectivity index (χ4n) is 4.30. The van der Waals surface area contributed by atoms with E-state index >= 15 is 0 Å². The summed E-state index contributed by atoms with van der Waals surface area (Å²) in [4.78, 5) is 38.6. The van der Waals surface area contributed by atoms with Crippen molar-refractivity contribution in [3.8, 4) is 5.75 Å². The van der Waals surface area contributed by atoms with Crippen molar-refractivity contribution < 1.29 is 32.3 Å². The second kappa shape index (κ2) is 10.0. The molecule has 1 unspecified atom stereocenters. The Morgan fingerprint density at radius 1 is 1.14 bits per heavy atom. The number of anilines is 2. The number of amides is 2. The first-order valence-corrected chi connectivity index (χ1v) is 12.7. The van der Waals surface area contributed by atoms with Gasteiger partial charge in [-0.2, -0.15) is 4.31 Å². The molecule has 35 heavy (non-hydrogen) atoms. The summed E-state index contributed by atoms with van der Waals surface area (Å²) in [6.07, 6.45) is 2.46. The van der Waals surface area contributed by atoms with Gasteiger partial charge in [0.25, 0.3) is 5.91 Å². The predicted octanol–water partition coefficient (Wildman–Crippen LogP) is 2.40. The van der Waals surface area contributed by atoms with Crippen LogP contribution in [0.3, 0.4) is 0 Å². The molecule has 1 N–H and O–H groups in total. The van der Waals surface area contributed by atoms with Gasteiger partial charge in [0.2, 0.25) is 15.9 Å². The third-order valence-corrected chi connectivity index (χ3v) is 8.16. The minimum absolute atomic E-state index is 0.0291. The maximum atomic E-state index is 13.4. The van der Waals surface area contributed by atoms with Gasteiger partial charge in [-0.05, 0) is 50.1 Å². The lowest BCUT2D eigenvalue weighted by Crippen LogP contribution is -2.44. The number of para-hydroxylation sites is 2. The first kappa shape index (κ1) is 24.7. The molecule has 11 heteroatoms. The van der Waals surface area contributed by atoms with Crippen molar-refractivity contribution in [3.05, 3.63) is 48.0 Å². The number of carbonyl (C=O) groups excluding carboxylic acids is 3. The van der Waals surface area contributed by atoms with Gasteiger partial charge < -0.3 is 14.8 Å². The summed E-state index contributed by atoms with van der Waals surface area (Å²) in [7, 11) is -2.56. The third kappa shape index (κ3) is 5.01. The second-order valence-corrected chi connectivity index (χ2v) is 10.3. The van der Waals surface area contributed by atoms with Crippen LogP contribution in [-0.4, -0.2) is 63.4 Å². The summed E-state index contributed by atoms with van der Waals surface area (Å²) in [5.74, 6) is -1.69. The van der Waals surface area contributed by atoms with E-state index in [9.17, 15) is 22.8 Å². The zero-order valence-corrected chi connectivity index (χ0v) is 20.3. The molecule has 0 aliphatic carbocycles. The van der Waals surface area contributed by atoms with Crippen LogP contribution in [0, 0.1) is 0 Å². The van der Waals surface area contributed by atoms with Crippen molar-refractivity contribution in [2.24, 2.45) is 0 Å². The van der Waals surface area contributed by atoms with Crippen molar-refractivity contribution in [3.63, 3.8) is 0 Å². The van der Waals surface area contributed by atoms with E-state index in [1.54, 1.807) is 24.3 Å². The topological polar surface area (TPSA) is 122 Å². The van der Waals surface area contributed by atoms with Crippen molar-refractivity contribution in [1.82, 2.24) is 4.31 Å². The fraction of sp³-hybridized carbons (Fsp3) is 0.375. The van der Waals surface area contributed by atoms with Gasteiger partial charge >= 0.3 is 5.97 Å². The standard InChI is InChI=1S/C24H27N3O7S/c1-16-7-5-6-12-27(16)35(31,32)21-13-17(10-11-20(21)33-2)24(30)34-15-23(29)26-14-22(28)25-18-8-3-4-9-19(18)26/h3-4,8-11,13,16H,5-7,12,14-15H2,1-2H3,(H,25,28). The number of sulfonamides is 1. The first-order valence-electron chi connectivity index (χ1n) is 11.3. The predicted molar refractivity (Wildman–Crippen MR) is 128 cm³/mol. The van der Waals surface area contributed by atoms with E-state index < -0.39 is 28.5 Å². The Hall–Kier alpha value is -3.44. The number of fused-ring (bicyclic) bond motifs is 1. The highest BCUT2D eigenvalue weighted by Crippen LogP contribution is 2.32. The quantitative estimate of drug-likeness (QED) is 0.603. The molecule has 0 spiro atoms. The van der Waals surface area contributed by atoms with Gasteiger partial charge in [-0.15, -0.1) is 0 Å². The molecule has 10 nitrogen and oxygen atoms in total. The monoisotopic (exact) mass is 501 g/mol. The fourth-order valence-corrected chi connectivity index (χ4v) is 6.19. The van der Waals surface area contributed by atoms with Gasteiger partial charge in [0.15, 0.2) is 6.61 Å². The molecule has 0 radical (unpaired) electrons. The van der Waals surface area contributed by atoms with Crippen LogP contribution in [0.25, 0.3) is 0 Å². The molecule has 2 amide bonds. The van der Waals surface area contributed by atoms with Crippen LogP contribution in [-0.2, 0) is 24.3 Å². The first-order chi connectivity index (χ1) is 16.7. The average Bonchev–Trinajstić information content (AvgIpc) is 2.86. The van der Waals surface area contributed by atoms with Gasteiger partial charge in [0, 0.05) is 12.6 Å². The van der Waals surface area contributed by atoms with Crippen LogP contribution >= 0.6 is 0 Å². The van der Waals surface area contributed by atoms with Crippen LogP contribution < -0.4 is 15.0 Å². The Morgan fingerprint density at radius 2 is 1.91 bits per heavy atom. The summed E-state index contributed by atoms with van der Waals surface area (Å²) in [6.45, 7) is 1.43. The van der Waals surface area contributed by atoms with E-state index in [2.05, 4.69) is 5.32 Å². The molecule has 2 aliphatic heterocycles. The molecular weight excluding hydrogens is 474 g/mol. The Balaban J connectivity index is 1.52. The van der Waals surface area contributed by atoms with Crippen molar-refractivity contribution in [1.29, 1.82) is 0 Å². The van der Waals surface area contributed by atoms with Crippen LogP contribution in [0.15, 0.2) is 47.4 Å². The number of hydrogen-bond acceptors (Lipinski definition) is 7. The SMILES string of the molecule is COc1ccc(C(=O)OCC(=O)N2CC(=O)Nc3ccccc32)cc1S(=O)(=O)N1CCCCC1C. The number of benzene rings is 2. The molecule has 4 rings (SSSR count). The maximum absolute atomic E-state index is 13.4. The van der Waals surface area contributed by atoms with E-state index in [1.165, 1.54) is 34.5 Å². The lowest BCUT2D eigenvalue weighted by molar-refractivity contribution is -0.124. The molecule has 2 aromatic rings. The lowest BCUT2D eigenvalue weighted by Gasteiger charge is -2.32. The third-order valence-electron chi connectivity index (χ3n) is 6.13. The smallest absolute Gasteiger partial charge is 0.338 e. The zero-order valence-electron chi connectivity index (χ0n) is 19.5. The number of methoxy groups -OCH3 is 1. The Labute approximate surface area is 203 Å². The summed E-state index contributed by atoms with van der Waals surface area (Å²) in [5.41, 5.74) is 0.959. The number of ether oxygens (including phenoxy) is 2. The number of piperidine rings is 1. The number of esters is 1. The molecule has 0 saturated carbocycles. The normalized spacial score (nSPS) is 18.4. The van der Waals surface area contributed by atoms with E-state index in [0.29, 0.717) is 17.9 Å². The minimum atomic E-state index is -3.92. The Morgan fingerprint density at radius 3 is 2.66 bits per heavy atom. The molecule has 186 valence electrons. The van der Waals surface area contributed by atoms with E-state index in [-0.39, 0.29) is 34.7 Å². The largest absolute Gasteiger partial charge is 0.495 e. The summed E-state index contributed by atoms with van der Waals surface area (Å²) >= 11 is 0. The number of carbonyl (C=O) groups is 3. The highest BCUT2D eigenvalue weighted by molar-refractivity contribution is 7.89. The van der Waals surface area contributed by atoms with Gasteiger partial charge in [-0.25, -0.2) is 13.2 Å². The molecule has 2 aromatic carbocycles. The maximum Gasteiger partial charge on any atom is 0.338 e. The molecule has 0 aromatic heterocycles. The van der Waals surface area contributed by atoms with Crippen molar-refractivity contribution >= 4 is 39.2 Å². The molecular formula is C24H27N3O7S. The molecule has 1 fully saturated rings. The molecule has 0 bridgehead atoms. The number of rotatable bonds is 6. The zero-order chi connectivity index (χ0) is 25.2. The number of nitrogens with zero attached hydrogens (tertiary/aromatic N) is 2. The van der Waals surface area contributed by atoms with Gasteiger partial charge in [0.05, 0.1) is 24.0 Å². The molecule has 1 atom stereocenters. The minimum Gasteiger partial charge on any atom is -0.495 e. The molecule has 2 heterocycles. The van der Waals surface area contributed by atoms with E-state index in [0.717, 1.165) is 19.3 Å². The molecule has 1 saturated heterocycles. The number of nitrogens with one attached hydrogen (secondary N) is 1. The number of hydrogen-bond donors (Lipinski definition) is 1. The van der Waals surface area contributed by atoms with Gasteiger partial charge in [-0.1, -0.05) is 18.6 Å². The highest BCUT2D eigenvalue weighted by Gasteiger charge is 2.34. The van der Waals surface area contributed by atoms with Gasteiger partial charge in [0.1, 0.15) is 17.2 Å². The van der Waals surface area contributed by atoms with Gasteiger partial charge in [-0.3, -0.25) is 14.5 Å². The summed E-state index contributed by atoms with van der Waals surface area (Å²) < 4.78 is 38.6. The summed E-state index contributed by atoms with van der Waals surface area (Å²) in [6, 6.07) is 10.6. The van der Waals surface area contributed by atoms with Crippen molar-refractivity contribution in [2.45, 2.75) is 37.1 Å². The molecule has 2 aliphatic rings. The van der Waals surface area contributed by atoms with Crippen LogP contribution in [0.2, 0.25) is 0 Å². The van der Waals surface area contributed by atoms with E-state index in [1.807, 2.05) is 6.92 Å². The Bertz CT molecular complexity index is 1260. The van der Waals surface area contributed by atoms with Crippen LogP contribution in [0.1, 0.15) is 36.5 Å². The van der Waals surface area contributed by atoms with E-state index in [4.69, 9.17) is 9.47 Å².